The van der Waals surface area contributed by atoms with E-state index in [2.05, 4.69) is 5.32 Å². The number of nitrogens with two attached hydrogens (primary N) is 1. The predicted molar refractivity (Wildman–Crippen MR) is 96.8 cm³/mol. The molecule has 0 spiro atoms. The van der Waals surface area contributed by atoms with Crippen molar-refractivity contribution in [3.8, 4) is 11.1 Å². The number of rotatable bonds is 6. The zero-order valence-electron chi connectivity index (χ0n) is 14.7. The number of carbonyl (C=O) groups is 1. The summed E-state index contributed by atoms with van der Waals surface area (Å²) in [7, 11) is 0. The molecule has 1 amide bonds. The van der Waals surface area contributed by atoms with Gasteiger partial charge in [-0.1, -0.05) is 36.4 Å². The lowest BCUT2D eigenvalue weighted by Gasteiger charge is -2.17. The van der Waals surface area contributed by atoms with Crippen LogP contribution in [0, 0.1) is 5.82 Å². The van der Waals surface area contributed by atoms with Gasteiger partial charge in [0.15, 0.2) is 0 Å². The fourth-order valence-corrected chi connectivity index (χ4v) is 3.40. The van der Waals surface area contributed by atoms with Crippen LogP contribution in [0.4, 0.5) is 13.2 Å². The average molecular weight is 374 g/mol. The highest BCUT2D eigenvalue weighted by Crippen LogP contribution is 2.49. The zero-order chi connectivity index (χ0) is 19.2. The van der Waals surface area contributed by atoms with Crippen LogP contribution >= 0.6 is 0 Å². The van der Waals surface area contributed by atoms with E-state index in [1.807, 2.05) is 0 Å². The van der Waals surface area contributed by atoms with E-state index in [-0.39, 0.29) is 11.9 Å². The van der Waals surface area contributed by atoms with E-state index in [1.54, 1.807) is 24.3 Å². The van der Waals surface area contributed by atoms with E-state index >= 15 is 0 Å². The maximum atomic E-state index is 14.7. The van der Waals surface area contributed by atoms with Gasteiger partial charge in [-0.15, -0.1) is 0 Å². The fourth-order valence-electron chi connectivity index (χ4n) is 3.40. The van der Waals surface area contributed by atoms with Gasteiger partial charge in [-0.3, -0.25) is 4.79 Å². The van der Waals surface area contributed by atoms with E-state index in [0.29, 0.717) is 22.3 Å². The predicted octanol–water partition coefficient (Wildman–Crippen LogP) is 4.07. The van der Waals surface area contributed by atoms with E-state index in [9.17, 15) is 18.0 Å². The molecule has 2 saturated carbocycles. The van der Waals surface area contributed by atoms with Crippen LogP contribution in [0.5, 0.6) is 0 Å². The summed E-state index contributed by atoms with van der Waals surface area (Å²) in [6.07, 6.45) is 0.832. The minimum atomic E-state index is -2.65. The van der Waals surface area contributed by atoms with Crippen LogP contribution in [-0.4, -0.2) is 18.4 Å². The molecule has 2 aliphatic rings. The Hall–Kier alpha value is -2.34. The third-order valence-electron chi connectivity index (χ3n) is 5.50. The van der Waals surface area contributed by atoms with Crippen LogP contribution < -0.4 is 11.1 Å². The fraction of sp³-hybridized carbons (Fsp3) is 0.381. The molecule has 0 radical (unpaired) electrons. The minimum Gasteiger partial charge on any atom is -0.353 e. The van der Waals surface area contributed by atoms with Crippen LogP contribution in [0.1, 0.15) is 42.9 Å². The lowest BCUT2D eigenvalue weighted by atomic mass is 9.92. The van der Waals surface area contributed by atoms with Gasteiger partial charge in [0.05, 0.1) is 11.5 Å². The normalized spacial score (nSPS) is 19.0. The molecule has 0 bridgehead atoms. The van der Waals surface area contributed by atoms with E-state index in [4.69, 9.17) is 5.73 Å². The van der Waals surface area contributed by atoms with Crippen LogP contribution in [0.3, 0.4) is 0 Å². The molecule has 0 aliphatic heterocycles. The third-order valence-corrected chi connectivity index (χ3v) is 5.50. The maximum Gasteiger partial charge on any atom is 0.257 e. The molecule has 2 fully saturated rings. The molecule has 27 heavy (non-hydrogen) atoms. The molecule has 2 aliphatic carbocycles. The number of amides is 1. The Labute approximate surface area is 155 Å². The molecule has 3 N–H and O–H groups in total. The Kier molecular flexibility index (Phi) is 4.46. The molecule has 142 valence electrons. The molecular weight excluding hydrogens is 353 g/mol. The van der Waals surface area contributed by atoms with Crippen LogP contribution in [0.15, 0.2) is 42.5 Å². The van der Waals surface area contributed by atoms with Gasteiger partial charge in [0.1, 0.15) is 5.82 Å². The topological polar surface area (TPSA) is 55.1 Å². The molecule has 2 aromatic carbocycles. The zero-order valence-corrected chi connectivity index (χ0v) is 14.7. The molecule has 6 heteroatoms. The van der Waals surface area contributed by atoms with Gasteiger partial charge in [-0.05, 0) is 48.4 Å². The maximum absolute atomic E-state index is 14.7. The number of benzene rings is 2. The number of carbonyl (C=O) groups excluding carboxylic acids is 1. The number of hydrogen-bond acceptors (Lipinski definition) is 2. The summed E-state index contributed by atoms with van der Waals surface area (Å²) in [4.78, 5) is 12.5. The van der Waals surface area contributed by atoms with Crippen molar-refractivity contribution in [3.63, 3.8) is 0 Å². The highest BCUT2D eigenvalue weighted by Gasteiger charge is 2.52. The summed E-state index contributed by atoms with van der Waals surface area (Å²) in [5, 5.41) is 3.01. The molecule has 4 rings (SSSR count). The van der Waals surface area contributed by atoms with Gasteiger partial charge in [0, 0.05) is 11.6 Å². The summed E-state index contributed by atoms with van der Waals surface area (Å²) in [6, 6.07) is 9.94. The Bertz CT molecular complexity index is 858. The van der Waals surface area contributed by atoms with E-state index < -0.39 is 23.7 Å². The first-order chi connectivity index (χ1) is 12.9. The van der Waals surface area contributed by atoms with Crippen molar-refractivity contribution in [3.05, 3.63) is 59.4 Å². The standard InChI is InChI=1S/C21H21F3N2O/c22-17-11-14(21(9-10-21)20(27)26-15-6-7-15)5-8-16(17)12-1-3-13(4-2-12)18(25)19(23)24/h1-5,8,11,15,18-19H,6-7,9-10,25H2,(H,26,27). The van der Waals surface area contributed by atoms with Gasteiger partial charge in [-0.25, -0.2) is 13.2 Å². The first-order valence-corrected chi connectivity index (χ1v) is 9.16. The summed E-state index contributed by atoms with van der Waals surface area (Å²) >= 11 is 0. The largest absolute Gasteiger partial charge is 0.353 e. The Morgan fingerprint density at radius 2 is 1.78 bits per heavy atom. The third kappa shape index (κ3) is 3.46. The number of nitrogens with one attached hydrogen (secondary N) is 1. The summed E-state index contributed by atoms with van der Waals surface area (Å²) in [5.41, 5.74) is 6.78. The lowest BCUT2D eigenvalue weighted by molar-refractivity contribution is -0.123. The summed E-state index contributed by atoms with van der Waals surface area (Å²) < 4.78 is 40.1. The van der Waals surface area contributed by atoms with Crippen LogP contribution in [0.2, 0.25) is 0 Å². The van der Waals surface area contributed by atoms with Gasteiger partial charge >= 0.3 is 0 Å². The minimum absolute atomic E-state index is 0.0116. The smallest absolute Gasteiger partial charge is 0.257 e. The molecule has 1 atom stereocenters. The molecule has 0 aromatic heterocycles. The van der Waals surface area contributed by atoms with Crippen molar-refractivity contribution in [1.29, 1.82) is 0 Å². The second-order valence-corrected chi connectivity index (χ2v) is 7.51. The highest BCUT2D eigenvalue weighted by atomic mass is 19.3. The quantitative estimate of drug-likeness (QED) is 0.801. The molecule has 0 heterocycles. The Balaban J connectivity index is 1.56. The molecule has 3 nitrogen and oxygen atoms in total. The number of hydrogen-bond donors (Lipinski definition) is 2. The summed E-state index contributed by atoms with van der Waals surface area (Å²) in [6.45, 7) is 0. The van der Waals surface area contributed by atoms with Gasteiger partial charge < -0.3 is 11.1 Å². The lowest BCUT2D eigenvalue weighted by Crippen LogP contribution is -2.36. The second kappa shape index (κ2) is 6.68. The first kappa shape index (κ1) is 18.0. The number of halogens is 3. The Morgan fingerprint density at radius 1 is 1.11 bits per heavy atom. The molecule has 2 aromatic rings. The van der Waals surface area contributed by atoms with Crippen molar-refractivity contribution >= 4 is 5.91 Å². The van der Waals surface area contributed by atoms with Gasteiger partial charge in [-0.2, -0.15) is 0 Å². The van der Waals surface area contributed by atoms with Crippen molar-refractivity contribution < 1.29 is 18.0 Å². The van der Waals surface area contributed by atoms with E-state index in [0.717, 1.165) is 25.7 Å². The van der Waals surface area contributed by atoms with Crippen molar-refractivity contribution in [1.82, 2.24) is 5.32 Å². The van der Waals surface area contributed by atoms with Gasteiger partial charge in [0.2, 0.25) is 5.91 Å². The van der Waals surface area contributed by atoms with Crippen molar-refractivity contribution in [2.75, 3.05) is 0 Å². The molecule has 1 unspecified atom stereocenters. The SMILES string of the molecule is NC(c1ccc(-c2ccc(C3(C(=O)NC4CC4)CC3)cc2F)cc1)C(F)F. The van der Waals surface area contributed by atoms with Crippen molar-refractivity contribution in [2.45, 2.75) is 49.6 Å². The molecular formula is C21H21F3N2O. The second-order valence-electron chi connectivity index (χ2n) is 7.51. The molecule has 0 saturated heterocycles. The van der Waals surface area contributed by atoms with Crippen LogP contribution in [0.25, 0.3) is 11.1 Å². The first-order valence-electron chi connectivity index (χ1n) is 9.16. The van der Waals surface area contributed by atoms with Crippen molar-refractivity contribution in [2.24, 2.45) is 5.73 Å². The van der Waals surface area contributed by atoms with E-state index in [1.165, 1.54) is 18.2 Å². The number of alkyl halides is 2. The van der Waals surface area contributed by atoms with Gasteiger partial charge in [0.25, 0.3) is 6.43 Å². The summed E-state index contributed by atoms with van der Waals surface area (Å²) in [5.74, 6) is -0.439. The van der Waals surface area contributed by atoms with Crippen LogP contribution in [-0.2, 0) is 10.2 Å². The monoisotopic (exact) mass is 374 g/mol. The Morgan fingerprint density at radius 3 is 2.30 bits per heavy atom. The highest BCUT2D eigenvalue weighted by molar-refractivity contribution is 5.91. The average Bonchev–Trinajstić information content (AvgIpc) is 3.55.